The van der Waals surface area contributed by atoms with E-state index in [4.69, 9.17) is 5.11 Å². The lowest BCUT2D eigenvalue weighted by atomic mass is 9.97. The van der Waals surface area contributed by atoms with E-state index in [1.165, 1.54) is 5.56 Å². The van der Waals surface area contributed by atoms with Gasteiger partial charge in [-0.05, 0) is 42.0 Å². The molecule has 0 spiro atoms. The third-order valence-corrected chi connectivity index (χ3v) is 5.21. The number of imidazole rings is 1. The van der Waals surface area contributed by atoms with Crippen molar-refractivity contribution in [1.82, 2.24) is 19.7 Å². The van der Waals surface area contributed by atoms with E-state index >= 15 is 0 Å². The van der Waals surface area contributed by atoms with Gasteiger partial charge in [0.2, 0.25) is 0 Å². The molecule has 2 aromatic heterocycles. The number of nitrogens with zero attached hydrogens (tertiary/aromatic N) is 5. The van der Waals surface area contributed by atoms with Gasteiger partial charge in [-0.3, -0.25) is 4.79 Å². The molecule has 7 nitrogen and oxygen atoms in total. The molecule has 28 heavy (non-hydrogen) atoms. The van der Waals surface area contributed by atoms with Gasteiger partial charge in [0.1, 0.15) is 5.69 Å². The van der Waals surface area contributed by atoms with E-state index in [1.54, 1.807) is 6.20 Å². The van der Waals surface area contributed by atoms with Crippen LogP contribution in [0.2, 0.25) is 0 Å². The van der Waals surface area contributed by atoms with Crippen LogP contribution < -0.4 is 4.90 Å². The first kappa shape index (κ1) is 18.2. The topological polar surface area (TPSA) is 84.1 Å². The molecule has 1 saturated heterocycles. The Balaban J connectivity index is 1.36. The zero-order valence-electron chi connectivity index (χ0n) is 15.8. The lowest BCUT2D eigenvalue weighted by molar-refractivity contribution is -0.136. The second-order valence-electron chi connectivity index (χ2n) is 7.33. The molecule has 0 saturated carbocycles. The van der Waals surface area contributed by atoms with Crippen LogP contribution >= 0.6 is 0 Å². The molecule has 7 heteroatoms. The molecule has 0 bridgehead atoms. The predicted octanol–water partition coefficient (Wildman–Crippen LogP) is 2.57. The number of aryl methyl sites for hydroxylation is 1. The van der Waals surface area contributed by atoms with Crippen LogP contribution in [0.1, 0.15) is 17.5 Å². The highest BCUT2D eigenvalue weighted by atomic mass is 16.4. The van der Waals surface area contributed by atoms with Crippen LogP contribution in [0.3, 0.4) is 0 Å². The molecule has 3 heterocycles. The van der Waals surface area contributed by atoms with Gasteiger partial charge in [0, 0.05) is 32.5 Å². The van der Waals surface area contributed by atoms with Gasteiger partial charge >= 0.3 is 5.97 Å². The van der Waals surface area contributed by atoms with Gasteiger partial charge in [0.05, 0.1) is 6.42 Å². The number of carboxylic acids is 1. The summed E-state index contributed by atoms with van der Waals surface area (Å²) >= 11 is 0. The largest absolute Gasteiger partial charge is 0.481 e. The summed E-state index contributed by atoms with van der Waals surface area (Å²) in [6, 6.07) is 11.9. The fraction of sp³-hybridized carbons (Fsp3) is 0.333. The van der Waals surface area contributed by atoms with Gasteiger partial charge in [-0.25, -0.2) is 4.98 Å². The zero-order valence-corrected chi connectivity index (χ0v) is 15.8. The Morgan fingerprint density at radius 1 is 1.14 bits per heavy atom. The van der Waals surface area contributed by atoms with E-state index in [2.05, 4.69) is 20.1 Å². The van der Waals surface area contributed by atoms with Gasteiger partial charge in [-0.1, -0.05) is 24.3 Å². The van der Waals surface area contributed by atoms with Crippen molar-refractivity contribution in [2.45, 2.75) is 19.3 Å². The van der Waals surface area contributed by atoms with Crippen molar-refractivity contribution in [3.8, 4) is 11.5 Å². The fourth-order valence-corrected chi connectivity index (χ4v) is 3.73. The minimum atomic E-state index is -0.797. The van der Waals surface area contributed by atoms with Crippen LogP contribution in [0.4, 0.5) is 5.82 Å². The Bertz CT molecular complexity index is 950. The summed E-state index contributed by atoms with van der Waals surface area (Å²) in [6.45, 7) is 1.92. The first-order valence-corrected chi connectivity index (χ1v) is 9.44. The smallest absolute Gasteiger partial charge is 0.307 e. The summed E-state index contributed by atoms with van der Waals surface area (Å²) in [7, 11) is 1.94. The van der Waals surface area contributed by atoms with Crippen molar-refractivity contribution < 1.29 is 9.90 Å². The maximum Gasteiger partial charge on any atom is 0.307 e. The Kier molecular flexibility index (Phi) is 5.06. The van der Waals surface area contributed by atoms with Gasteiger partial charge in [0.25, 0.3) is 0 Å². The molecule has 1 N–H and O–H groups in total. The van der Waals surface area contributed by atoms with Crippen molar-refractivity contribution in [2.24, 2.45) is 13.0 Å². The first-order chi connectivity index (χ1) is 13.6. The Labute approximate surface area is 163 Å². The molecule has 1 aromatic carbocycles. The van der Waals surface area contributed by atoms with Crippen LogP contribution in [0.25, 0.3) is 11.5 Å². The summed E-state index contributed by atoms with van der Waals surface area (Å²) in [6.07, 6.45) is 5.82. The first-order valence-electron chi connectivity index (χ1n) is 9.44. The standard InChI is InChI=1S/C21H23N5O2/c1-25-11-9-22-21(25)18-6-7-19(24-23-18)26-10-8-17(14-26)12-15-2-4-16(5-3-15)13-20(27)28/h2-7,9,11,17H,8,10,12-14H2,1H3,(H,27,28). The highest BCUT2D eigenvalue weighted by Gasteiger charge is 2.24. The SMILES string of the molecule is Cn1ccnc1-c1ccc(N2CCC(Cc3ccc(CC(=O)O)cc3)C2)nn1. The summed E-state index contributed by atoms with van der Waals surface area (Å²) < 4.78 is 1.93. The van der Waals surface area contributed by atoms with Crippen molar-refractivity contribution in [3.05, 3.63) is 59.9 Å². The number of benzene rings is 1. The Morgan fingerprint density at radius 2 is 1.93 bits per heavy atom. The maximum atomic E-state index is 10.8. The van der Waals surface area contributed by atoms with E-state index in [-0.39, 0.29) is 6.42 Å². The second-order valence-corrected chi connectivity index (χ2v) is 7.33. The normalized spacial score (nSPS) is 16.5. The van der Waals surface area contributed by atoms with E-state index in [0.717, 1.165) is 48.8 Å². The molecule has 3 aromatic rings. The molecular weight excluding hydrogens is 354 g/mol. The highest BCUT2D eigenvalue weighted by molar-refractivity contribution is 5.70. The molecule has 144 valence electrons. The lowest BCUT2D eigenvalue weighted by Crippen LogP contribution is -2.21. The fourth-order valence-electron chi connectivity index (χ4n) is 3.73. The number of hydrogen-bond acceptors (Lipinski definition) is 5. The van der Waals surface area contributed by atoms with E-state index < -0.39 is 5.97 Å². The van der Waals surface area contributed by atoms with Gasteiger partial charge in [-0.15, -0.1) is 10.2 Å². The van der Waals surface area contributed by atoms with Crippen LogP contribution in [0.15, 0.2) is 48.8 Å². The van der Waals surface area contributed by atoms with E-state index in [0.29, 0.717) is 5.92 Å². The van der Waals surface area contributed by atoms with Crippen molar-refractivity contribution >= 4 is 11.8 Å². The number of carboxylic acid groups (broad SMARTS) is 1. The maximum absolute atomic E-state index is 10.8. The van der Waals surface area contributed by atoms with E-state index in [1.807, 2.05) is 54.2 Å². The number of anilines is 1. The van der Waals surface area contributed by atoms with Crippen molar-refractivity contribution in [1.29, 1.82) is 0 Å². The summed E-state index contributed by atoms with van der Waals surface area (Å²) in [5, 5.41) is 17.6. The number of rotatable bonds is 6. The summed E-state index contributed by atoms with van der Waals surface area (Å²) in [4.78, 5) is 17.4. The number of carbonyl (C=O) groups is 1. The van der Waals surface area contributed by atoms with Gasteiger partial charge in [-0.2, -0.15) is 0 Å². The minimum Gasteiger partial charge on any atom is -0.481 e. The quantitative estimate of drug-likeness (QED) is 0.711. The van der Waals surface area contributed by atoms with Crippen molar-refractivity contribution in [2.75, 3.05) is 18.0 Å². The minimum absolute atomic E-state index is 0.0738. The third-order valence-electron chi connectivity index (χ3n) is 5.21. The second kappa shape index (κ2) is 7.80. The molecule has 1 fully saturated rings. The van der Waals surface area contributed by atoms with Crippen molar-refractivity contribution in [3.63, 3.8) is 0 Å². The average molecular weight is 377 g/mol. The number of aliphatic carboxylic acids is 1. The molecule has 0 amide bonds. The van der Waals surface area contributed by atoms with Crippen LogP contribution in [0.5, 0.6) is 0 Å². The molecular formula is C21H23N5O2. The molecule has 0 aliphatic carbocycles. The van der Waals surface area contributed by atoms with Crippen LogP contribution in [0, 0.1) is 5.92 Å². The molecule has 1 atom stereocenters. The molecule has 1 aliphatic heterocycles. The monoisotopic (exact) mass is 377 g/mol. The predicted molar refractivity (Wildman–Crippen MR) is 106 cm³/mol. The van der Waals surface area contributed by atoms with Crippen LogP contribution in [-0.2, 0) is 24.7 Å². The molecule has 0 radical (unpaired) electrons. The van der Waals surface area contributed by atoms with E-state index in [9.17, 15) is 4.79 Å². The third kappa shape index (κ3) is 4.03. The van der Waals surface area contributed by atoms with Crippen LogP contribution in [-0.4, -0.2) is 43.9 Å². The zero-order chi connectivity index (χ0) is 19.5. The van der Waals surface area contributed by atoms with Gasteiger partial charge < -0.3 is 14.6 Å². The molecule has 1 aliphatic rings. The highest BCUT2D eigenvalue weighted by Crippen LogP contribution is 2.25. The number of aromatic nitrogens is 4. The Hall–Kier alpha value is -3.22. The summed E-state index contributed by atoms with van der Waals surface area (Å²) in [5.74, 6) is 1.47. The Morgan fingerprint density at radius 3 is 2.57 bits per heavy atom. The number of hydrogen-bond donors (Lipinski definition) is 1. The average Bonchev–Trinajstić information content (AvgIpc) is 3.32. The molecule has 4 rings (SSSR count). The summed E-state index contributed by atoms with van der Waals surface area (Å²) in [5.41, 5.74) is 2.86. The van der Waals surface area contributed by atoms with Gasteiger partial charge in [0.15, 0.2) is 11.6 Å². The molecule has 1 unspecified atom stereocenters. The lowest BCUT2D eigenvalue weighted by Gasteiger charge is -2.17.